The van der Waals surface area contributed by atoms with E-state index in [9.17, 15) is 9.18 Å². The van der Waals surface area contributed by atoms with Crippen LogP contribution in [-0.2, 0) is 0 Å². The number of carbonyl (C=O) groups is 1. The predicted molar refractivity (Wildman–Crippen MR) is 71.3 cm³/mol. The lowest BCUT2D eigenvalue weighted by Gasteiger charge is -2.04. The van der Waals surface area contributed by atoms with Gasteiger partial charge in [0.2, 0.25) is 5.95 Å². The molecular weight excluding hydrogens is 334 g/mol. The number of carbonyl (C=O) groups excluding carboxylic acids is 1. The molecule has 2 rings (SSSR count). The third-order valence-electron chi connectivity index (χ3n) is 2.05. The Labute approximate surface area is 111 Å². The summed E-state index contributed by atoms with van der Waals surface area (Å²) in [6, 6.07) is 11.4. The molecule has 0 atom stereocenters. The highest BCUT2D eigenvalue weighted by Crippen LogP contribution is 2.12. The minimum absolute atomic E-state index is 0.0588. The van der Waals surface area contributed by atoms with Crippen molar-refractivity contribution in [3.8, 4) is 0 Å². The van der Waals surface area contributed by atoms with E-state index in [1.807, 2.05) is 12.1 Å². The van der Waals surface area contributed by atoms with E-state index in [1.54, 1.807) is 12.1 Å². The number of rotatable bonds is 2. The van der Waals surface area contributed by atoms with Gasteiger partial charge in [0, 0.05) is 9.26 Å². The Balaban J connectivity index is 2.14. The summed E-state index contributed by atoms with van der Waals surface area (Å²) < 4.78 is 13.9. The van der Waals surface area contributed by atoms with Crippen molar-refractivity contribution in [1.82, 2.24) is 4.98 Å². The summed E-state index contributed by atoms with van der Waals surface area (Å²) in [6.45, 7) is 0. The van der Waals surface area contributed by atoms with Crippen LogP contribution in [-0.4, -0.2) is 10.9 Å². The number of benzene rings is 1. The number of aromatic nitrogens is 1. The molecule has 0 saturated carbocycles. The van der Waals surface area contributed by atoms with Gasteiger partial charge < -0.3 is 5.32 Å². The SMILES string of the molecule is O=C(Nc1ccc(I)cc1)c1cccc(F)n1. The molecule has 0 unspecified atom stereocenters. The first-order chi connectivity index (χ1) is 8.15. The van der Waals surface area contributed by atoms with Crippen LogP contribution >= 0.6 is 22.6 Å². The van der Waals surface area contributed by atoms with Gasteiger partial charge in [-0.3, -0.25) is 4.79 Å². The lowest BCUT2D eigenvalue weighted by Crippen LogP contribution is -2.14. The van der Waals surface area contributed by atoms with E-state index in [0.717, 1.165) is 3.57 Å². The Kier molecular flexibility index (Phi) is 3.68. The first kappa shape index (κ1) is 12.0. The second-order valence-corrected chi connectivity index (χ2v) is 4.55. The smallest absolute Gasteiger partial charge is 0.274 e. The maximum Gasteiger partial charge on any atom is 0.274 e. The van der Waals surface area contributed by atoms with Crippen molar-refractivity contribution >= 4 is 34.2 Å². The second-order valence-electron chi connectivity index (χ2n) is 3.31. The standard InChI is InChI=1S/C12H8FIN2O/c13-11-3-1-2-10(16-11)12(17)15-9-6-4-8(14)5-7-9/h1-7H,(H,15,17). The van der Waals surface area contributed by atoms with Crippen molar-refractivity contribution in [2.24, 2.45) is 0 Å². The Hall–Kier alpha value is -1.50. The second kappa shape index (κ2) is 5.22. The average Bonchev–Trinajstić information content (AvgIpc) is 2.32. The van der Waals surface area contributed by atoms with Gasteiger partial charge in [0.15, 0.2) is 0 Å². The number of halogens is 2. The van der Waals surface area contributed by atoms with Gasteiger partial charge in [-0.25, -0.2) is 4.98 Å². The van der Waals surface area contributed by atoms with Crippen molar-refractivity contribution in [2.75, 3.05) is 5.32 Å². The molecule has 0 saturated heterocycles. The molecule has 5 heteroatoms. The van der Waals surface area contributed by atoms with Gasteiger partial charge in [-0.15, -0.1) is 0 Å². The maximum atomic E-state index is 12.8. The number of pyridine rings is 1. The summed E-state index contributed by atoms with van der Waals surface area (Å²) in [7, 11) is 0. The molecule has 0 spiro atoms. The van der Waals surface area contributed by atoms with Gasteiger partial charge in [-0.05, 0) is 59.0 Å². The van der Waals surface area contributed by atoms with Gasteiger partial charge in [-0.2, -0.15) is 4.39 Å². The first-order valence-electron chi connectivity index (χ1n) is 4.84. The molecule has 1 aromatic carbocycles. The zero-order valence-electron chi connectivity index (χ0n) is 8.65. The number of nitrogens with one attached hydrogen (secondary N) is 1. The predicted octanol–water partition coefficient (Wildman–Crippen LogP) is 3.08. The highest BCUT2D eigenvalue weighted by molar-refractivity contribution is 14.1. The molecular formula is C12H8FIN2O. The van der Waals surface area contributed by atoms with E-state index in [0.29, 0.717) is 5.69 Å². The molecule has 0 bridgehead atoms. The van der Waals surface area contributed by atoms with Crippen LogP contribution in [0.1, 0.15) is 10.5 Å². The summed E-state index contributed by atoms with van der Waals surface area (Å²) in [5.74, 6) is -1.09. The Morgan fingerprint density at radius 1 is 1.18 bits per heavy atom. The molecule has 3 nitrogen and oxygen atoms in total. The van der Waals surface area contributed by atoms with Crippen molar-refractivity contribution in [3.63, 3.8) is 0 Å². The fourth-order valence-corrected chi connectivity index (χ4v) is 1.62. The van der Waals surface area contributed by atoms with Gasteiger partial charge in [0.1, 0.15) is 5.69 Å². The number of hydrogen-bond acceptors (Lipinski definition) is 2. The zero-order chi connectivity index (χ0) is 12.3. The summed E-state index contributed by atoms with van der Waals surface area (Å²) in [5.41, 5.74) is 0.713. The molecule has 2 aromatic rings. The molecule has 1 amide bonds. The molecule has 0 aliphatic rings. The van der Waals surface area contributed by atoms with Crippen molar-refractivity contribution < 1.29 is 9.18 Å². The Bertz CT molecular complexity index is 542. The third-order valence-corrected chi connectivity index (χ3v) is 2.77. The molecule has 1 N–H and O–H groups in total. The van der Waals surface area contributed by atoms with Crippen molar-refractivity contribution in [3.05, 3.63) is 57.7 Å². The lowest BCUT2D eigenvalue weighted by molar-refractivity contribution is 0.102. The molecule has 86 valence electrons. The van der Waals surface area contributed by atoms with Crippen molar-refractivity contribution in [2.45, 2.75) is 0 Å². The topological polar surface area (TPSA) is 42.0 Å². The van der Waals surface area contributed by atoms with Crippen LogP contribution in [0.15, 0.2) is 42.5 Å². The lowest BCUT2D eigenvalue weighted by atomic mass is 10.3. The molecule has 1 heterocycles. The maximum absolute atomic E-state index is 12.8. The van der Waals surface area contributed by atoms with Gasteiger partial charge in [-0.1, -0.05) is 6.07 Å². The van der Waals surface area contributed by atoms with Crippen LogP contribution in [0.3, 0.4) is 0 Å². The van der Waals surface area contributed by atoms with E-state index in [4.69, 9.17) is 0 Å². The Morgan fingerprint density at radius 2 is 1.88 bits per heavy atom. The highest BCUT2D eigenvalue weighted by Gasteiger charge is 2.08. The number of nitrogens with zero attached hydrogens (tertiary/aromatic N) is 1. The van der Waals surface area contributed by atoms with Crippen LogP contribution in [0.2, 0.25) is 0 Å². The molecule has 0 radical (unpaired) electrons. The molecule has 17 heavy (non-hydrogen) atoms. The van der Waals surface area contributed by atoms with Gasteiger partial charge in [0.25, 0.3) is 5.91 Å². The van der Waals surface area contributed by atoms with E-state index in [2.05, 4.69) is 32.9 Å². The molecule has 0 fully saturated rings. The average molecular weight is 342 g/mol. The van der Waals surface area contributed by atoms with Crippen LogP contribution in [0.4, 0.5) is 10.1 Å². The highest BCUT2D eigenvalue weighted by atomic mass is 127. The monoisotopic (exact) mass is 342 g/mol. The van der Waals surface area contributed by atoms with Gasteiger partial charge in [0.05, 0.1) is 0 Å². The normalized spacial score (nSPS) is 10.0. The Morgan fingerprint density at radius 3 is 2.53 bits per heavy atom. The van der Waals surface area contributed by atoms with Crippen LogP contribution in [0, 0.1) is 9.52 Å². The van der Waals surface area contributed by atoms with Crippen LogP contribution in [0.25, 0.3) is 0 Å². The summed E-state index contributed by atoms with van der Waals surface area (Å²) in [6.07, 6.45) is 0. The summed E-state index contributed by atoms with van der Waals surface area (Å²) >= 11 is 2.17. The van der Waals surface area contributed by atoms with Crippen molar-refractivity contribution in [1.29, 1.82) is 0 Å². The summed E-state index contributed by atoms with van der Waals surface area (Å²) in [5, 5.41) is 2.64. The minimum atomic E-state index is -0.666. The van der Waals surface area contributed by atoms with E-state index in [1.165, 1.54) is 18.2 Å². The molecule has 1 aromatic heterocycles. The zero-order valence-corrected chi connectivity index (χ0v) is 10.8. The first-order valence-corrected chi connectivity index (χ1v) is 5.92. The number of amides is 1. The number of anilines is 1. The van der Waals surface area contributed by atoms with E-state index < -0.39 is 11.9 Å². The molecule has 0 aliphatic carbocycles. The van der Waals surface area contributed by atoms with E-state index in [-0.39, 0.29) is 5.69 Å². The van der Waals surface area contributed by atoms with Crippen LogP contribution < -0.4 is 5.32 Å². The third kappa shape index (κ3) is 3.23. The number of hydrogen-bond donors (Lipinski definition) is 1. The quantitative estimate of drug-likeness (QED) is 0.673. The van der Waals surface area contributed by atoms with Gasteiger partial charge >= 0.3 is 0 Å². The fraction of sp³-hybridized carbons (Fsp3) is 0. The fourth-order valence-electron chi connectivity index (χ4n) is 1.26. The largest absolute Gasteiger partial charge is 0.321 e. The molecule has 0 aliphatic heterocycles. The van der Waals surface area contributed by atoms with E-state index >= 15 is 0 Å². The minimum Gasteiger partial charge on any atom is -0.321 e. The van der Waals surface area contributed by atoms with Crippen LogP contribution in [0.5, 0.6) is 0 Å². The summed E-state index contributed by atoms with van der Waals surface area (Å²) in [4.78, 5) is 15.2.